The van der Waals surface area contributed by atoms with Crippen LogP contribution in [0.5, 0.6) is 17.2 Å². The topological polar surface area (TPSA) is 60.0 Å². The number of hydrogen-bond acceptors (Lipinski definition) is 4. The number of carbonyl (C=O) groups excluding carboxylic acids is 1. The Kier molecular flexibility index (Phi) is 6.52. The molecule has 1 unspecified atom stereocenters. The zero-order valence-corrected chi connectivity index (χ0v) is 17.1. The summed E-state index contributed by atoms with van der Waals surface area (Å²) in [6, 6.07) is 11.1. The summed E-state index contributed by atoms with van der Waals surface area (Å²) in [6.07, 6.45) is 0. The van der Waals surface area contributed by atoms with Gasteiger partial charge in [0.15, 0.2) is 11.5 Å². The van der Waals surface area contributed by atoms with E-state index in [1.54, 1.807) is 18.1 Å². The van der Waals surface area contributed by atoms with E-state index >= 15 is 0 Å². The van der Waals surface area contributed by atoms with E-state index in [1.807, 2.05) is 44.2 Å². The standard InChI is InChI=1S/C21H25ClN2O4/c1-4-24(14(2)16-6-5-7-17(12-16)26-3)21(25)23-13-15-10-18(22)20-19(11-15)27-8-9-28-20/h5-7,10-12,14H,4,8-9,13H2,1-3H3,(H,23,25). The van der Waals surface area contributed by atoms with Gasteiger partial charge < -0.3 is 24.4 Å². The fourth-order valence-corrected chi connectivity index (χ4v) is 3.51. The van der Waals surface area contributed by atoms with Gasteiger partial charge in [0, 0.05) is 13.1 Å². The second-order valence-corrected chi connectivity index (χ2v) is 6.91. The van der Waals surface area contributed by atoms with Gasteiger partial charge in [-0.3, -0.25) is 0 Å². The minimum atomic E-state index is -0.149. The number of halogens is 1. The van der Waals surface area contributed by atoms with Crippen molar-refractivity contribution in [2.45, 2.75) is 26.4 Å². The second-order valence-electron chi connectivity index (χ2n) is 6.50. The highest BCUT2D eigenvalue weighted by Crippen LogP contribution is 2.38. The van der Waals surface area contributed by atoms with E-state index in [0.717, 1.165) is 16.9 Å². The molecule has 0 saturated heterocycles. The maximum atomic E-state index is 12.8. The highest BCUT2D eigenvalue weighted by Gasteiger charge is 2.21. The Labute approximate surface area is 170 Å². The lowest BCUT2D eigenvalue weighted by Crippen LogP contribution is -2.41. The first-order valence-electron chi connectivity index (χ1n) is 9.30. The number of urea groups is 1. The van der Waals surface area contributed by atoms with Crippen LogP contribution in [0.3, 0.4) is 0 Å². The molecule has 1 aliphatic heterocycles. The van der Waals surface area contributed by atoms with E-state index in [9.17, 15) is 4.79 Å². The average molecular weight is 405 g/mol. The molecule has 2 aromatic rings. The molecule has 0 aromatic heterocycles. The van der Waals surface area contributed by atoms with Gasteiger partial charge in [-0.25, -0.2) is 4.79 Å². The molecule has 1 atom stereocenters. The Morgan fingerprint density at radius 3 is 2.82 bits per heavy atom. The van der Waals surface area contributed by atoms with Crippen LogP contribution in [0.2, 0.25) is 5.02 Å². The Morgan fingerprint density at radius 1 is 1.29 bits per heavy atom. The molecule has 7 heteroatoms. The fraction of sp³-hybridized carbons (Fsp3) is 0.381. The first-order valence-corrected chi connectivity index (χ1v) is 9.67. The van der Waals surface area contributed by atoms with Crippen molar-refractivity contribution in [1.82, 2.24) is 10.2 Å². The first kappa shape index (κ1) is 20.1. The van der Waals surface area contributed by atoms with Crippen LogP contribution in [-0.4, -0.2) is 37.8 Å². The van der Waals surface area contributed by atoms with Crippen molar-refractivity contribution in [3.63, 3.8) is 0 Å². The van der Waals surface area contributed by atoms with Gasteiger partial charge in [-0.05, 0) is 49.2 Å². The highest BCUT2D eigenvalue weighted by atomic mass is 35.5. The largest absolute Gasteiger partial charge is 0.497 e. The minimum Gasteiger partial charge on any atom is -0.497 e. The Bertz CT molecular complexity index is 843. The molecule has 1 N–H and O–H groups in total. The zero-order valence-electron chi connectivity index (χ0n) is 16.3. The molecule has 0 spiro atoms. The summed E-state index contributed by atoms with van der Waals surface area (Å²) in [7, 11) is 1.63. The van der Waals surface area contributed by atoms with Crippen molar-refractivity contribution in [2.75, 3.05) is 26.9 Å². The third kappa shape index (κ3) is 4.44. The average Bonchev–Trinajstić information content (AvgIpc) is 2.72. The normalized spacial score (nSPS) is 13.6. The number of nitrogens with one attached hydrogen (secondary N) is 1. The molecule has 0 bridgehead atoms. The molecule has 150 valence electrons. The monoisotopic (exact) mass is 404 g/mol. The number of amides is 2. The maximum absolute atomic E-state index is 12.8. The van der Waals surface area contributed by atoms with Gasteiger partial charge >= 0.3 is 6.03 Å². The number of carbonyl (C=O) groups is 1. The third-order valence-corrected chi connectivity index (χ3v) is 5.03. The second kappa shape index (κ2) is 9.06. The van der Waals surface area contributed by atoms with Crippen molar-refractivity contribution in [3.05, 3.63) is 52.5 Å². The molecule has 1 aliphatic rings. The van der Waals surface area contributed by atoms with E-state index in [-0.39, 0.29) is 12.1 Å². The number of ether oxygens (including phenoxy) is 3. The number of fused-ring (bicyclic) bond motifs is 1. The van der Waals surface area contributed by atoms with Gasteiger partial charge in [-0.1, -0.05) is 23.7 Å². The lowest BCUT2D eigenvalue weighted by Gasteiger charge is -2.29. The number of hydrogen-bond donors (Lipinski definition) is 1. The van der Waals surface area contributed by atoms with E-state index in [1.165, 1.54) is 0 Å². The summed E-state index contributed by atoms with van der Waals surface area (Å²) in [6.45, 7) is 5.84. The van der Waals surface area contributed by atoms with Gasteiger partial charge in [0.2, 0.25) is 0 Å². The van der Waals surface area contributed by atoms with Crippen LogP contribution in [-0.2, 0) is 6.54 Å². The molecule has 0 fully saturated rings. The van der Waals surface area contributed by atoms with Crippen LogP contribution in [0.4, 0.5) is 4.79 Å². The predicted octanol–water partition coefficient (Wildman–Crippen LogP) is 4.41. The fourth-order valence-electron chi connectivity index (χ4n) is 3.22. The Morgan fingerprint density at radius 2 is 2.07 bits per heavy atom. The molecule has 0 aliphatic carbocycles. The van der Waals surface area contributed by atoms with Gasteiger partial charge in [-0.15, -0.1) is 0 Å². The van der Waals surface area contributed by atoms with Crippen LogP contribution in [0.1, 0.15) is 31.0 Å². The summed E-state index contributed by atoms with van der Waals surface area (Å²) in [5.74, 6) is 1.94. The quantitative estimate of drug-likeness (QED) is 0.774. The van der Waals surface area contributed by atoms with E-state index in [0.29, 0.717) is 42.8 Å². The molecule has 3 rings (SSSR count). The molecule has 0 saturated carbocycles. The molecule has 6 nitrogen and oxygen atoms in total. The van der Waals surface area contributed by atoms with Gasteiger partial charge in [-0.2, -0.15) is 0 Å². The summed E-state index contributed by atoms with van der Waals surface area (Å²) >= 11 is 6.27. The molecular weight excluding hydrogens is 380 g/mol. The molecular formula is C21H25ClN2O4. The van der Waals surface area contributed by atoms with Crippen LogP contribution >= 0.6 is 11.6 Å². The molecule has 1 heterocycles. The Hall–Kier alpha value is -2.60. The van der Waals surface area contributed by atoms with E-state index in [2.05, 4.69) is 5.32 Å². The predicted molar refractivity (Wildman–Crippen MR) is 108 cm³/mol. The van der Waals surface area contributed by atoms with Crippen LogP contribution in [0.25, 0.3) is 0 Å². The van der Waals surface area contributed by atoms with Crippen molar-refractivity contribution < 1.29 is 19.0 Å². The van der Waals surface area contributed by atoms with E-state index < -0.39 is 0 Å². The number of methoxy groups -OCH3 is 1. The summed E-state index contributed by atoms with van der Waals surface area (Å²) < 4.78 is 16.4. The lowest BCUT2D eigenvalue weighted by molar-refractivity contribution is 0.171. The van der Waals surface area contributed by atoms with Crippen molar-refractivity contribution >= 4 is 17.6 Å². The smallest absolute Gasteiger partial charge is 0.318 e. The SMILES string of the molecule is CCN(C(=O)NCc1cc(Cl)c2c(c1)OCCO2)C(C)c1cccc(OC)c1. The van der Waals surface area contributed by atoms with Crippen LogP contribution in [0.15, 0.2) is 36.4 Å². The first-order chi connectivity index (χ1) is 13.5. The number of benzene rings is 2. The maximum Gasteiger partial charge on any atom is 0.318 e. The molecule has 2 amide bonds. The van der Waals surface area contributed by atoms with Gasteiger partial charge in [0.1, 0.15) is 19.0 Å². The van der Waals surface area contributed by atoms with Crippen LogP contribution in [0, 0.1) is 0 Å². The van der Waals surface area contributed by atoms with Crippen LogP contribution < -0.4 is 19.5 Å². The van der Waals surface area contributed by atoms with E-state index in [4.69, 9.17) is 25.8 Å². The number of rotatable bonds is 6. The van der Waals surface area contributed by atoms with Gasteiger partial charge in [0.25, 0.3) is 0 Å². The van der Waals surface area contributed by atoms with Crippen molar-refractivity contribution in [1.29, 1.82) is 0 Å². The molecule has 2 aromatic carbocycles. The minimum absolute atomic E-state index is 0.0936. The summed E-state index contributed by atoms with van der Waals surface area (Å²) in [5.41, 5.74) is 1.87. The van der Waals surface area contributed by atoms with Crippen molar-refractivity contribution in [2.24, 2.45) is 0 Å². The summed E-state index contributed by atoms with van der Waals surface area (Å²) in [4.78, 5) is 14.6. The highest BCUT2D eigenvalue weighted by molar-refractivity contribution is 6.32. The Balaban J connectivity index is 1.68. The third-order valence-electron chi connectivity index (χ3n) is 4.75. The lowest BCUT2D eigenvalue weighted by atomic mass is 10.1. The number of nitrogens with zero attached hydrogens (tertiary/aromatic N) is 1. The summed E-state index contributed by atoms with van der Waals surface area (Å²) in [5, 5.41) is 3.45. The molecule has 0 radical (unpaired) electrons. The zero-order chi connectivity index (χ0) is 20.1. The van der Waals surface area contributed by atoms with Crippen molar-refractivity contribution in [3.8, 4) is 17.2 Å². The molecule has 28 heavy (non-hydrogen) atoms. The van der Waals surface area contributed by atoms with Gasteiger partial charge in [0.05, 0.1) is 18.2 Å².